The molecule has 23 heavy (non-hydrogen) atoms. The summed E-state index contributed by atoms with van der Waals surface area (Å²) in [5.41, 5.74) is 0.942. The number of anilines is 1. The van der Waals surface area contributed by atoms with Gasteiger partial charge in [0.1, 0.15) is 5.82 Å². The summed E-state index contributed by atoms with van der Waals surface area (Å²) < 4.78 is 0. The van der Waals surface area contributed by atoms with Gasteiger partial charge in [-0.15, -0.1) is 0 Å². The molecule has 0 unspecified atom stereocenters. The van der Waals surface area contributed by atoms with Crippen LogP contribution in [0, 0.1) is 0 Å². The summed E-state index contributed by atoms with van der Waals surface area (Å²) >= 11 is 12.1. The van der Waals surface area contributed by atoms with Crippen molar-refractivity contribution in [2.45, 2.75) is 6.42 Å². The predicted molar refractivity (Wildman–Crippen MR) is 93.2 cm³/mol. The van der Waals surface area contributed by atoms with E-state index in [0.717, 1.165) is 24.5 Å². The number of amides is 1. The summed E-state index contributed by atoms with van der Waals surface area (Å²) in [6, 6.07) is 11.1. The van der Waals surface area contributed by atoms with Gasteiger partial charge in [0.2, 0.25) is 5.91 Å². The van der Waals surface area contributed by atoms with Crippen LogP contribution in [-0.4, -0.2) is 42.0 Å². The Morgan fingerprint density at radius 1 is 1.09 bits per heavy atom. The van der Waals surface area contributed by atoms with Crippen LogP contribution in [0.15, 0.2) is 42.6 Å². The zero-order valence-electron chi connectivity index (χ0n) is 12.6. The minimum absolute atomic E-state index is 0.124. The van der Waals surface area contributed by atoms with Crippen LogP contribution in [0.4, 0.5) is 5.82 Å². The fourth-order valence-corrected chi connectivity index (χ4v) is 3.16. The second-order valence-corrected chi connectivity index (χ2v) is 6.33. The highest BCUT2D eigenvalue weighted by atomic mass is 35.5. The van der Waals surface area contributed by atoms with Crippen LogP contribution in [0.2, 0.25) is 10.0 Å². The van der Waals surface area contributed by atoms with Crippen LogP contribution in [0.5, 0.6) is 0 Å². The van der Waals surface area contributed by atoms with E-state index in [1.807, 2.05) is 41.3 Å². The Labute approximate surface area is 145 Å². The number of carbonyl (C=O) groups is 1. The maximum atomic E-state index is 12.4. The van der Waals surface area contributed by atoms with Crippen molar-refractivity contribution < 1.29 is 4.79 Å². The van der Waals surface area contributed by atoms with Crippen LogP contribution in [0.3, 0.4) is 0 Å². The normalized spacial score (nSPS) is 14.9. The van der Waals surface area contributed by atoms with Crippen LogP contribution >= 0.6 is 23.2 Å². The van der Waals surface area contributed by atoms with E-state index in [-0.39, 0.29) is 5.91 Å². The van der Waals surface area contributed by atoms with Gasteiger partial charge in [0, 0.05) is 37.4 Å². The van der Waals surface area contributed by atoms with Gasteiger partial charge in [-0.05, 0) is 29.8 Å². The molecular weight excluding hydrogens is 333 g/mol. The molecule has 6 heteroatoms. The third-order valence-electron chi connectivity index (χ3n) is 3.92. The molecule has 1 amide bonds. The van der Waals surface area contributed by atoms with Gasteiger partial charge in [-0.3, -0.25) is 4.79 Å². The first kappa shape index (κ1) is 16.1. The minimum Gasteiger partial charge on any atom is -0.352 e. The second kappa shape index (κ2) is 7.20. The molecule has 0 bridgehead atoms. The van der Waals surface area contributed by atoms with Gasteiger partial charge in [0.05, 0.1) is 11.4 Å². The Hall–Kier alpha value is -1.78. The van der Waals surface area contributed by atoms with Crippen LogP contribution in [0.1, 0.15) is 5.56 Å². The average molecular weight is 350 g/mol. The second-order valence-electron chi connectivity index (χ2n) is 5.48. The van der Waals surface area contributed by atoms with Gasteiger partial charge >= 0.3 is 0 Å². The molecule has 0 spiro atoms. The Morgan fingerprint density at radius 2 is 1.87 bits per heavy atom. The Morgan fingerprint density at radius 3 is 2.57 bits per heavy atom. The minimum atomic E-state index is 0.124. The Bertz CT molecular complexity index is 700. The maximum Gasteiger partial charge on any atom is 0.227 e. The van der Waals surface area contributed by atoms with Crippen molar-refractivity contribution in [3.8, 4) is 0 Å². The fraction of sp³-hybridized carbons (Fsp3) is 0.294. The van der Waals surface area contributed by atoms with Crippen molar-refractivity contribution in [1.82, 2.24) is 9.88 Å². The molecule has 1 aromatic carbocycles. The number of rotatable bonds is 3. The van der Waals surface area contributed by atoms with E-state index < -0.39 is 0 Å². The van der Waals surface area contributed by atoms with Gasteiger partial charge in [0.15, 0.2) is 0 Å². The zero-order valence-corrected chi connectivity index (χ0v) is 14.1. The number of carbonyl (C=O) groups excluding carboxylic acids is 1. The third-order valence-corrected chi connectivity index (χ3v) is 4.45. The smallest absolute Gasteiger partial charge is 0.227 e. The highest BCUT2D eigenvalue weighted by Gasteiger charge is 2.23. The lowest BCUT2D eigenvalue weighted by molar-refractivity contribution is -0.130. The zero-order chi connectivity index (χ0) is 16.2. The van der Waals surface area contributed by atoms with Crippen molar-refractivity contribution in [3.63, 3.8) is 0 Å². The summed E-state index contributed by atoms with van der Waals surface area (Å²) in [5, 5.41) is 1.30. The molecule has 1 aliphatic rings. The number of aromatic nitrogens is 1. The molecular formula is C17H17Cl2N3O. The number of halogens is 2. The van der Waals surface area contributed by atoms with E-state index in [4.69, 9.17) is 23.2 Å². The van der Waals surface area contributed by atoms with Gasteiger partial charge in [-0.1, -0.05) is 35.3 Å². The number of pyridine rings is 1. The van der Waals surface area contributed by atoms with Gasteiger partial charge in [-0.2, -0.15) is 0 Å². The van der Waals surface area contributed by atoms with Crippen molar-refractivity contribution in [3.05, 3.63) is 58.2 Å². The maximum absolute atomic E-state index is 12.4. The summed E-state index contributed by atoms with van der Waals surface area (Å²) in [6.45, 7) is 2.81. The molecule has 0 atom stereocenters. The molecule has 1 fully saturated rings. The fourth-order valence-electron chi connectivity index (χ4n) is 2.71. The molecule has 2 heterocycles. The molecule has 4 nitrogen and oxygen atoms in total. The van der Waals surface area contributed by atoms with E-state index in [2.05, 4.69) is 9.88 Å². The quantitative estimate of drug-likeness (QED) is 0.853. The average Bonchev–Trinajstić information content (AvgIpc) is 2.55. The number of hydrogen-bond acceptors (Lipinski definition) is 3. The highest BCUT2D eigenvalue weighted by molar-refractivity contribution is 6.32. The van der Waals surface area contributed by atoms with E-state index >= 15 is 0 Å². The molecule has 1 aliphatic heterocycles. The van der Waals surface area contributed by atoms with Crippen molar-refractivity contribution in [2.24, 2.45) is 0 Å². The molecule has 1 aromatic heterocycles. The summed E-state index contributed by atoms with van der Waals surface area (Å²) in [6.07, 6.45) is 2.11. The number of nitrogens with zero attached hydrogens (tertiary/aromatic N) is 3. The van der Waals surface area contributed by atoms with Gasteiger partial charge in [-0.25, -0.2) is 4.98 Å². The molecule has 120 valence electrons. The monoisotopic (exact) mass is 349 g/mol. The van der Waals surface area contributed by atoms with E-state index in [1.54, 1.807) is 6.20 Å². The van der Waals surface area contributed by atoms with Crippen molar-refractivity contribution >= 4 is 34.9 Å². The topological polar surface area (TPSA) is 36.4 Å². The first-order valence-corrected chi connectivity index (χ1v) is 8.27. The van der Waals surface area contributed by atoms with Crippen LogP contribution < -0.4 is 4.90 Å². The molecule has 2 aromatic rings. The number of piperazine rings is 1. The molecule has 1 saturated heterocycles. The third kappa shape index (κ3) is 3.95. The van der Waals surface area contributed by atoms with Gasteiger partial charge in [0.25, 0.3) is 0 Å². The number of hydrogen-bond donors (Lipinski definition) is 0. The lowest BCUT2D eigenvalue weighted by Crippen LogP contribution is -2.49. The van der Waals surface area contributed by atoms with Gasteiger partial charge < -0.3 is 9.80 Å². The lowest BCUT2D eigenvalue weighted by atomic mass is 10.1. The first-order chi connectivity index (χ1) is 11.1. The van der Waals surface area contributed by atoms with E-state index in [9.17, 15) is 4.79 Å². The van der Waals surface area contributed by atoms with Crippen LogP contribution in [0.25, 0.3) is 0 Å². The van der Waals surface area contributed by atoms with Crippen LogP contribution in [-0.2, 0) is 11.2 Å². The largest absolute Gasteiger partial charge is 0.352 e. The molecule has 0 aliphatic carbocycles. The summed E-state index contributed by atoms with van der Waals surface area (Å²) in [7, 11) is 0. The van der Waals surface area contributed by atoms with Crippen molar-refractivity contribution in [1.29, 1.82) is 0 Å². The highest BCUT2D eigenvalue weighted by Crippen LogP contribution is 2.23. The first-order valence-electron chi connectivity index (χ1n) is 7.51. The van der Waals surface area contributed by atoms with Crippen molar-refractivity contribution in [2.75, 3.05) is 31.1 Å². The summed E-state index contributed by atoms with van der Waals surface area (Å²) in [5.74, 6) is 0.912. The number of benzene rings is 1. The molecule has 0 N–H and O–H groups in total. The predicted octanol–water partition coefficient (Wildman–Crippen LogP) is 3.28. The standard InChI is InChI=1S/C17H17Cl2N3O/c18-14-4-1-3-13(11-14)12-16(23)21-7-9-22(10-8-21)17-15(19)5-2-6-20-17/h1-6,11H,7-10,12H2. The Kier molecular flexibility index (Phi) is 5.03. The van der Waals surface area contributed by atoms with E-state index in [0.29, 0.717) is 29.6 Å². The van der Waals surface area contributed by atoms with E-state index in [1.165, 1.54) is 0 Å². The summed E-state index contributed by atoms with van der Waals surface area (Å²) in [4.78, 5) is 20.7. The lowest BCUT2D eigenvalue weighted by Gasteiger charge is -2.35. The molecule has 0 saturated carbocycles. The molecule has 3 rings (SSSR count). The molecule has 0 radical (unpaired) electrons. The SMILES string of the molecule is O=C(Cc1cccc(Cl)c1)N1CCN(c2ncccc2Cl)CC1. The Balaban J connectivity index is 1.58.